The van der Waals surface area contributed by atoms with Crippen LogP contribution >= 0.6 is 69.6 Å². The first kappa shape index (κ1) is 101. The van der Waals surface area contributed by atoms with E-state index in [9.17, 15) is 49.5 Å². The Bertz CT molecular complexity index is 5260. The Morgan fingerprint density at radius 1 is 0.516 bits per heavy atom. The summed E-state index contributed by atoms with van der Waals surface area (Å²) in [6, 6.07) is 9.05. The lowest BCUT2D eigenvalue weighted by Crippen LogP contribution is -2.49. The van der Waals surface area contributed by atoms with Gasteiger partial charge in [0.15, 0.2) is 5.82 Å². The van der Waals surface area contributed by atoms with Crippen molar-refractivity contribution in [2.75, 3.05) is 80.2 Å². The van der Waals surface area contributed by atoms with Crippen LogP contribution in [0.15, 0.2) is 92.2 Å². The fourth-order valence-corrected chi connectivity index (χ4v) is 13.5. The SMILES string of the molecule is CN[C@H](C(=O)OC)C(C)C.COC(=O)[C@H](C(C)C)N(C)c1nc(Cl)nc(C)c1[N+](=O)[O-].COC(=O)[C@H](C(C)C)N(C)c1nc(NCc2cnn(Cc3ccc(Cl)nc3)c2)nc(C)c1[N+](=O)[O-].Cc1nc(Cl)nc(Cl)c1[N+](=O)[O-].Cc1nc(NCc2cnn(Cc3ccc(Cl)nc3)c2)nc2c1NC(=O)[C@H](C(C)C)N2C.NCc1cnn(Cc2ccc(Cl)nc2)c1. The standard InChI is InChI=1S/C22H27ClN8O4.C21H25ClN8O.C12H17ClN4O4.C10H11ClN4.C7H15NO2.C5H3Cl2N3O2/c1-13(2)18(21(32)35-5)29(4)20-19(31(33)34)14(3)27-22(28-20)25-9-16-10-26-30(12-16)11-15-6-7-17(23)24-8-15;1-12(2)18-20(31)27-17-13(3)26-21(28-19(17)29(18)4)24-8-15-9-25-30(11-15)10-14-5-6-16(22)23-7-14;1-6(2)8(11(18)21-5)16(4)10-9(17(19)20)7(3)14-12(13)15-10;11-10-2-1-8(4-13-10)6-15-7-9(3-12)5-14-15;1-5(2)6(8-3)7(9)10-4;1-2-3(10(11)12)4(6)9-5(7)8-2/h6-8,10,12-13,18H,9,11H2,1-5H3,(H,25,27,28);5-7,9,11-12,18H,8,10H2,1-4H3,(H,27,31)(H,24,26,28);6,8H,1-5H3;1-2,4-5,7H,3,6,12H2;5-6,8H,1-4H3;1H3/t2*18-;8-;;6-;/m000.0./s1. The topological polar surface area (TPSA) is 504 Å². The second kappa shape index (κ2) is 47.7. The van der Waals surface area contributed by atoms with Crippen molar-refractivity contribution in [3.8, 4) is 0 Å². The smallest absolute Gasteiger partial charge is 0.332 e. The van der Waals surface area contributed by atoms with E-state index in [1.165, 1.54) is 58.9 Å². The first-order valence-electron chi connectivity index (χ1n) is 37.9. The van der Waals surface area contributed by atoms with Gasteiger partial charge in [0, 0.05) is 94.6 Å². The van der Waals surface area contributed by atoms with Crippen molar-refractivity contribution < 1.29 is 48.2 Å². The molecule has 10 aromatic heterocycles. The Balaban J connectivity index is 0.000000243. The monoisotopic (exact) mass is 1830 g/mol. The van der Waals surface area contributed by atoms with Crippen LogP contribution in [0.1, 0.15) is 112 Å². The van der Waals surface area contributed by atoms with Crippen molar-refractivity contribution in [3.63, 3.8) is 0 Å². The first-order chi connectivity index (χ1) is 58.5. The van der Waals surface area contributed by atoms with Crippen molar-refractivity contribution in [2.24, 2.45) is 29.4 Å². The number of amides is 1. The number of aromatic nitrogens is 17. The predicted octanol–water partition coefficient (Wildman–Crippen LogP) is 12.2. The highest BCUT2D eigenvalue weighted by molar-refractivity contribution is 6.33. The van der Waals surface area contributed by atoms with E-state index in [0.29, 0.717) is 66.4 Å². The van der Waals surface area contributed by atoms with Gasteiger partial charge in [-0.2, -0.15) is 35.2 Å². The number of anilines is 6. The van der Waals surface area contributed by atoms with Gasteiger partial charge in [0.2, 0.25) is 45.2 Å². The number of carbonyl (C=O) groups excluding carboxylic acids is 4. The van der Waals surface area contributed by atoms with Crippen molar-refractivity contribution >= 4 is 146 Å². The molecule has 11 heterocycles. The molecule has 41 nitrogen and oxygen atoms in total. The number of esters is 3. The molecule has 10 aromatic rings. The maximum atomic E-state index is 12.5. The number of nitrogens with zero attached hydrogens (tertiary/aromatic N) is 23. The number of aryl methyl sites for hydroxylation is 4. The van der Waals surface area contributed by atoms with E-state index >= 15 is 0 Å². The van der Waals surface area contributed by atoms with E-state index in [2.05, 4.69) is 96.1 Å². The van der Waals surface area contributed by atoms with Gasteiger partial charge in [-0.1, -0.05) is 120 Å². The maximum Gasteiger partial charge on any atom is 0.332 e. The molecule has 0 saturated heterocycles. The highest BCUT2D eigenvalue weighted by Gasteiger charge is 2.38. The molecule has 124 heavy (non-hydrogen) atoms. The minimum Gasteiger partial charge on any atom is -0.468 e. The Labute approximate surface area is 744 Å². The number of halogens is 6. The molecule has 1 aliphatic heterocycles. The van der Waals surface area contributed by atoms with Gasteiger partial charge in [0.25, 0.3) is 0 Å². The molecule has 666 valence electrons. The van der Waals surface area contributed by atoms with Crippen LogP contribution in [0.2, 0.25) is 31.2 Å². The van der Waals surface area contributed by atoms with Gasteiger partial charge >= 0.3 is 35.0 Å². The second-order valence-electron chi connectivity index (χ2n) is 28.9. The number of nitrogens with one attached hydrogen (secondary N) is 4. The van der Waals surface area contributed by atoms with Gasteiger partial charge in [0.1, 0.15) is 62.4 Å². The van der Waals surface area contributed by atoms with Gasteiger partial charge < -0.3 is 55.9 Å². The number of ether oxygens (including phenoxy) is 3. The fraction of sp³-hybridized carbons (Fsp3) is 0.429. The molecule has 0 radical (unpaired) electrons. The number of pyridine rings is 3. The highest BCUT2D eigenvalue weighted by atomic mass is 35.5. The van der Waals surface area contributed by atoms with Gasteiger partial charge in [-0.05, 0) is 117 Å². The molecule has 0 spiro atoms. The largest absolute Gasteiger partial charge is 0.468 e. The summed E-state index contributed by atoms with van der Waals surface area (Å²) < 4.78 is 19.6. The molecule has 0 fully saturated rings. The van der Waals surface area contributed by atoms with Gasteiger partial charge in [0.05, 0.1) is 80.0 Å². The molecule has 1 amide bonds. The van der Waals surface area contributed by atoms with Crippen LogP contribution < -0.4 is 41.7 Å². The quantitative estimate of drug-likeness (QED) is 0.00578. The highest BCUT2D eigenvalue weighted by Crippen LogP contribution is 2.37. The van der Waals surface area contributed by atoms with Crippen molar-refractivity contribution in [2.45, 2.75) is 147 Å². The summed E-state index contributed by atoms with van der Waals surface area (Å²) in [4.78, 5) is 129. The average Bonchev–Trinajstić information content (AvgIpc) is 1.19. The van der Waals surface area contributed by atoms with Crippen LogP contribution in [0.5, 0.6) is 0 Å². The lowest BCUT2D eigenvalue weighted by molar-refractivity contribution is -0.385. The van der Waals surface area contributed by atoms with E-state index in [1.807, 2.05) is 113 Å². The van der Waals surface area contributed by atoms with Crippen molar-refractivity contribution in [3.05, 3.63) is 210 Å². The molecular weight excluding hydrogens is 1740 g/mol. The lowest BCUT2D eigenvalue weighted by Gasteiger charge is -2.36. The minimum absolute atomic E-state index is 0.0124. The molecule has 0 saturated carbocycles. The minimum atomic E-state index is -0.763. The van der Waals surface area contributed by atoms with Crippen molar-refractivity contribution in [1.82, 2.24) is 89.5 Å². The lowest BCUT2D eigenvalue weighted by atomic mass is 9.99. The molecule has 0 unspecified atom stereocenters. The molecular formula is C77H98Cl6N28O13. The molecule has 0 aliphatic carbocycles. The molecule has 11 rings (SSSR count). The predicted molar refractivity (Wildman–Crippen MR) is 470 cm³/mol. The van der Waals surface area contributed by atoms with E-state index in [-0.39, 0.29) is 115 Å². The zero-order chi connectivity index (χ0) is 92.3. The van der Waals surface area contributed by atoms with E-state index in [1.54, 1.807) is 81.8 Å². The number of hydrogen-bond donors (Lipinski definition) is 5. The van der Waals surface area contributed by atoms with Gasteiger partial charge in [-0.25, -0.2) is 44.5 Å². The Hall–Kier alpha value is -11.9. The van der Waals surface area contributed by atoms with Crippen LogP contribution in [-0.4, -0.2) is 196 Å². The third kappa shape index (κ3) is 28.9. The zero-order valence-electron chi connectivity index (χ0n) is 71.5. The van der Waals surface area contributed by atoms with Gasteiger partial charge in [-0.3, -0.25) is 54.0 Å². The summed E-state index contributed by atoms with van der Waals surface area (Å²) in [5.74, 6) is 0.313. The number of carbonyl (C=O) groups is 4. The van der Waals surface area contributed by atoms with Crippen LogP contribution in [0.3, 0.4) is 0 Å². The summed E-state index contributed by atoms with van der Waals surface area (Å²) in [5.41, 5.74) is 12.4. The number of hydrogen-bond acceptors (Lipinski definition) is 34. The average molecular weight is 1840 g/mol. The van der Waals surface area contributed by atoms with Crippen LogP contribution in [0, 0.1) is 81.7 Å². The summed E-state index contributed by atoms with van der Waals surface area (Å²) in [7, 11) is 10.7. The molecule has 6 N–H and O–H groups in total. The third-order valence-electron chi connectivity index (χ3n) is 18.2. The summed E-state index contributed by atoms with van der Waals surface area (Å²) in [5, 5.41) is 59.4. The molecule has 47 heteroatoms. The molecule has 0 bridgehead atoms. The normalized spacial score (nSPS) is 12.6. The van der Waals surface area contributed by atoms with Crippen LogP contribution in [-0.2, 0) is 72.7 Å². The Kier molecular flexibility index (Phi) is 38.8. The molecule has 1 aliphatic rings. The number of nitrogens with two attached hydrogens (primary N) is 1. The van der Waals surface area contributed by atoms with Crippen LogP contribution in [0.4, 0.5) is 52.1 Å². The van der Waals surface area contributed by atoms with Crippen LogP contribution in [0.25, 0.3) is 0 Å². The number of nitro groups is 3. The summed E-state index contributed by atoms with van der Waals surface area (Å²) in [6.45, 7) is 24.8. The second-order valence-corrected chi connectivity index (χ2v) is 31.1. The third-order valence-corrected chi connectivity index (χ3v) is 19.5. The first-order valence-corrected chi connectivity index (χ1v) is 40.2. The summed E-state index contributed by atoms with van der Waals surface area (Å²) >= 11 is 34.0. The fourth-order valence-electron chi connectivity index (χ4n) is 12.4. The summed E-state index contributed by atoms with van der Waals surface area (Å²) in [6.07, 6.45) is 16.2. The number of methoxy groups -OCH3 is 3. The maximum absolute atomic E-state index is 12.5. The molecule has 4 atom stereocenters. The van der Waals surface area contributed by atoms with Crippen molar-refractivity contribution in [1.29, 1.82) is 0 Å². The number of fused-ring (bicyclic) bond motifs is 1. The Morgan fingerprint density at radius 3 is 1.24 bits per heavy atom. The van der Waals surface area contributed by atoms with E-state index in [4.69, 9.17) is 84.8 Å². The zero-order valence-corrected chi connectivity index (χ0v) is 76.0. The number of likely N-dealkylation sites (N-methyl/N-ethyl adjacent to an activating group) is 4. The van der Waals surface area contributed by atoms with Gasteiger partial charge in [-0.15, -0.1) is 0 Å². The van der Waals surface area contributed by atoms with E-state index < -0.39 is 38.8 Å². The number of rotatable bonds is 28. The Morgan fingerprint density at radius 2 is 0.895 bits per heavy atom. The van der Waals surface area contributed by atoms with E-state index in [0.717, 1.165) is 44.9 Å². The molecule has 0 aromatic carbocycles.